The molecule has 0 unspecified atom stereocenters. The number of rotatable bonds is 8. The lowest BCUT2D eigenvalue weighted by Crippen LogP contribution is -2.42. The molecule has 0 radical (unpaired) electrons. The topological polar surface area (TPSA) is 109 Å². The zero-order chi connectivity index (χ0) is 24.9. The molecule has 1 atom stereocenters. The van der Waals surface area contributed by atoms with Crippen LogP contribution in [0.2, 0.25) is 0 Å². The van der Waals surface area contributed by atoms with Crippen molar-refractivity contribution in [3.63, 3.8) is 0 Å². The fraction of sp³-hybridized carbons (Fsp3) is 0.321. The lowest BCUT2D eigenvalue weighted by molar-refractivity contribution is 0.126. The van der Waals surface area contributed by atoms with Crippen molar-refractivity contribution in [3.8, 4) is 23.2 Å². The molecule has 8 nitrogen and oxygen atoms in total. The third-order valence-corrected chi connectivity index (χ3v) is 6.42. The number of pyridine rings is 1. The molecule has 1 saturated carbocycles. The number of benzene rings is 1. The van der Waals surface area contributed by atoms with Gasteiger partial charge in [-0.3, -0.25) is 4.98 Å². The molecule has 0 amide bonds. The minimum absolute atomic E-state index is 0.284. The molecule has 0 spiro atoms. The second-order valence-corrected chi connectivity index (χ2v) is 9.24. The van der Waals surface area contributed by atoms with Gasteiger partial charge in [0.05, 0.1) is 12.2 Å². The second-order valence-electron chi connectivity index (χ2n) is 9.24. The van der Waals surface area contributed by atoms with Crippen molar-refractivity contribution in [2.45, 2.75) is 45.0 Å². The summed E-state index contributed by atoms with van der Waals surface area (Å²) in [4.78, 5) is 8.69. The molecule has 1 aromatic carbocycles. The van der Waals surface area contributed by atoms with Gasteiger partial charge in [0.2, 0.25) is 0 Å². The number of nitrogens with zero attached hydrogens (tertiary/aromatic N) is 4. The van der Waals surface area contributed by atoms with Crippen LogP contribution >= 0.6 is 0 Å². The number of hydrogen-bond acceptors (Lipinski definition) is 7. The zero-order valence-electron chi connectivity index (χ0n) is 20.1. The van der Waals surface area contributed by atoms with Gasteiger partial charge in [0.25, 0.3) is 0 Å². The quantitative estimate of drug-likeness (QED) is 0.330. The van der Waals surface area contributed by atoms with Crippen molar-refractivity contribution in [1.82, 2.24) is 25.0 Å². The lowest BCUT2D eigenvalue weighted by atomic mass is 9.81. The second kappa shape index (κ2) is 10.9. The van der Waals surface area contributed by atoms with Crippen LogP contribution in [0.1, 0.15) is 54.2 Å². The fourth-order valence-electron chi connectivity index (χ4n) is 4.28. The molecule has 1 fully saturated rings. The first kappa shape index (κ1) is 23.9. The number of aliphatic hydroxyl groups excluding tert-OH is 2. The Kier molecular flexibility index (Phi) is 7.23. The standard InChI is InChI=1S/C28H29N5O3/c1-19(35)28-29-10-11-33(28)17-26-14-27(36-32-26)23-7-4-20(5-8-23)2-3-21-6-9-24(30-15-21)16-31-25-12-22(13-25)18-34/h4-11,14-15,19,22,25,31,34-35H,12-13,16-18H2,1H3/t19-,22?,25?/m0/s1. The predicted molar refractivity (Wildman–Crippen MR) is 135 cm³/mol. The average Bonchev–Trinajstić information content (AvgIpc) is 3.53. The summed E-state index contributed by atoms with van der Waals surface area (Å²) >= 11 is 0. The largest absolute Gasteiger partial charge is 0.396 e. The van der Waals surface area contributed by atoms with E-state index < -0.39 is 6.10 Å². The number of aliphatic hydroxyl groups is 2. The van der Waals surface area contributed by atoms with Gasteiger partial charge < -0.3 is 24.6 Å². The summed E-state index contributed by atoms with van der Waals surface area (Å²) in [5.41, 5.74) is 4.41. The molecule has 0 aliphatic heterocycles. The molecule has 5 rings (SSSR count). The highest BCUT2D eigenvalue weighted by molar-refractivity contribution is 5.59. The van der Waals surface area contributed by atoms with E-state index in [2.05, 4.69) is 32.3 Å². The third kappa shape index (κ3) is 5.71. The van der Waals surface area contributed by atoms with Crippen LogP contribution in [0.4, 0.5) is 0 Å². The van der Waals surface area contributed by atoms with Crippen molar-refractivity contribution >= 4 is 0 Å². The molecular formula is C28H29N5O3. The maximum absolute atomic E-state index is 9.82. The van der Waals surface area contributed by atoms with Gasteiger partial charge in [-0.2, -0.15) is 0 Å². The normalized spacial score (nSPS) is 17.8. The number of hydrogen-bond donors (Lipinski definition) is 3. The summed E-state index contributed by atoms with van der Waals surface area (Å²) in [5, 5.41) is 26.6. The van der Waals surface area contributed by atoms with E-state index >= 15 is 0 Å². The maximum Gasteiger partial charge on any atom is 0.167 e. The summed E-state index contributed by atoms with van der Waals surface area (Å²) in [6, 6.07) is 14.2. The van der Waals surface area contributed by atoms with E-state index in [1.54, 1.807) is 19.3 Å². The smallest absolute Gasteiger partial charge is 0.167 e. The van der Waals surface area contributed by atoms with E-state index in [4.69, 9.17) is 9.63 Å². The summed E-state index contributed by atoms with van der Waals surface area (Å²) < 4.78 is 7.38. The number of imidazole rings is 1. The van der Waals surface area contributed by atoms with E-state index in [1.807, 2.05) is 53.2 Å². The van der Waals surface area contributed by atoms with E-state index in [1.165, 1.54) is 0 Å². The van der Waals surface area contributed by atoms with Crippen LogP contribution in [-0.4, -0.2) is 42.6 Å². The Balaban J connectivity index is 1.16. The molecular weight excluding hydrogens is 454 g/mol. The van der Waals surface area contributed by atoms with Crippen molar-refractivity contribution in [2.75, 3.05) is 6.61 Å². The summed E-state index contributed by atoms with van der Waals surface area (Å²) in [6.45, 7) is 3.17. The summed E-state index contributed by atoms with van der Waals surface area (Å²) in [6.07, 6.45) is 6.69. The predicted octanol–water partition coefficient (Wildman–Crippen LogP) is 3.30. The van der Waals surface area contributed by atoms with Gasteiger partial charge in [0.1, 0.15) is 17.6 Å². The lowest BCUT2D eigenvalue weighted by Gasteiger charge is -2.34. The van der Waals surface area contributed by atoms with Crippen LogP contribution in [-0.2, 0) is 13.1 Å². The van der Waals surface area contributed by atoms with Crippen molar-refractivity contribution < 1.29 is 14.7 Å². The Morgan fingerprint density at radius 2 is 1.86 bits per heavy atom. The molecule has 1 aliphatic carbocycles. The molecule has 184 valence electrons. The average molecular weight is 484 g/mol. The van der Waals surface area contributed by atoms with Gasteiger partial charge in [-0.1, -0.05) is 17.0 Å². The summed E-state index contributed by atoms with van der Waals surface area (Å²) in [5.74, 6) is 8.06. The van der Waals surface area contributed by atoms with Crippen LogP contribution < -0.4 is 5.32 Å². The summed E-state index contributed by atoms with van der Waals surface area (Å²) in [7, 11) is 0. The molecule has 0 saturated heterocycles. The van der Waals surface area contributed by atoms with Crippen LogP contribution in [0, 0.1) is 17.8 Å². The van der Waals surface area contributed by atoms with Gasteiger partial charge in [-0.15, -0.1) is 0 Å². The SMILES string of the molecule is C[C@H](O)c1nccn1Cc1cc(-c2ccc(C#Cc3ccc(CNC4CC(CO)C4)nc3)cc2)on1. The van der Waals surface area contributed by atoms with E-state index in [0.29, 0.717) is 30.1 Å². The Morgan fingerprint density at radius 1 is 1.08 bits per heavy atom. The minimum Gasteiger partial charge on any atom is -0.396 e. The molecule has 0 bridgehead atoms. The first-order valence-corrected chi connectivity index (χ1v) is 12.1. The highest BCUT2D eigenvalue weighted by Gasteiger charge is 2.27. The van der Waals surface area contributed by atoms with E-state index in [9.17, 15) is 5.11 Å². The number of aromatic nitrogens is 4. The highest BCUT2D eigenvalue weighted by atomic mass is 16.5. The Hall–Kier alpha value is -3.77. The molecule has 3 N–H and O–H groups in total. The van der Waals surface area contributed by atoms with Crippen molar-refractivity contribution in [1.29, 1.82) is 0 Å². The van der Waals surface area contributed by atoms with Gasteiger partial charge in [0, 0.05) is 60.5 Å². The van der Waals surface area contributed by atoms with E-state index in [0.717, 1.165) is 47.5 Å². The molecule has 8 heteroatoms. The highest BCUT2D eigenvalue weighted by Crippen LogP contribution is 2.26. The Morgan fingerprint density at radius 3 is 2.58 bits per heavy atom. The minimum atomic E-state index is -0.649. The monoisotopic (exact) mass is 483 g/mol. The zero-order valence-corrected chi connectivity index (χ0v) is 20.1. The van der Waals surface area contributed by atoms with E-state index in [-0.39, 0.29) is 6.61 Å². The van der Waals surface area contributed by atoms with Crippen LogP contribution in [0.3, 0.4) is 0 Å². The molecule has 3 heterocycles. The number of nitrogens with one attached hydrogen (secondary N) is 1. The first-order valence-electron chi connectivity index (χ1n) is 12.1. The van der Waals surface area contributed by atoms with Gasteiger partial charge in [-0.05, 0) is 62.1 Å². The Bertz CT molecular complexity index is 1340. The third-order valence-electron chi connectivity index (χ3n) is 6.42. The maximum atomic E-state index is 9.82. The van der Waals surface area contributed by atoms with Crippen LogP contribution in [0.15, 0.2) is 65.6 Å². The molecule has 36 heavy (non-hydrogen) atoms. The van der Waals surface area contributed by atoms with Crippen molar-refractivity contribution in [2.24, 2.45) is 5.92 Å². The van der Waals surface area contributed by atoms with Crippen LogP contribution in [0.25, 0.3) is 11.3 Å². The van der Waals surface area contributed by atoms with Crippen LogP contribution in [0.5, 0.6) is 0 Å². The Labute approximate surface area is 210 Å². The molecule has 1 aliphatic rings. The molecule has 4 aromatic rings. The first-order chi connectivity index (χ1) is 17.6. The fourth-order valence-corrected chi connectivity index (χ4v) is 4.28. The van der Waals surface area contributed by atoms with Crippen molar-refractivity contribution in [3.05, 3.63) is 89.4 Å². The van der Waals surface area contributed by atoms with Gasteiger partial charge in [0.15, 0.2) is 5.76 Å². The van der Waals surface area contributed by atoms with Gasteiger partial charge in [-0.25, -0.2) is 4.98 Å². The van der Waals surface area contributed by atoms with Gasteiger partial charge >= 0.3 is 0 Å². The molecule has 3 aromatic heterocycles.